The topological polar surface area (TPSA) is 49.9 Å². The van der Waals surface area contributed by atoms with E-state index in [1.165, 1.54) is 0 Å². The van der Waals surface area contributed by atoms with Crippen molar-refractivity contribution >= 4 is 5.84 Å². The van der Waals surface area contributed by atoms with E-state index in [0.29, 0.717) is 0 Å². The summed E-state index contributed by atoms with van der Waals surface area (Å²) in [5, 5.41) is 6.85. The second-order valence-corrected chi connectivity index (χ2v) is 2.61. The maximum Gasteiger partial charge on any atom is 0.160 e. The molecule has 1 aromatic carbocycles. The van der Waals surface area contributed by atoms with Gasteiger partial charge in [0.25, 0.3) is 0 Å². The van der Waals surface area contributed by atoms with Crippen LogP contribution in [0.2, 0.25) is 0 Å². The minimum Gasteiger partial charge on any atom is -0.385 e. The molecule has 0 saturated heterocycles. The Balaban J connectivity index is 2.58. The Labute approximate surface area is 70.7 Å². The van der Waals surface area contributed by atoms with Gasteiger partial charge < -0.3 is 5.73 Å². The van der Waals surface area contributed by atoms with Crippen molar-refractivity contribution in [2.24, 2.45) is 5.73 Å². The molecule has 0 aliphatic heterocycles. The third kappa shape index (κ3) is 2.34. The summed E-state index contributed by atoms with van der Waals surface area (Å²) in [6.07, 6.45) is -1.16. The van der Waals surface area contributed by atoms with Gasteiger partial charge in [0.15, 0.2) is 6.17 Å². The number of rotatable bonds is 3. The molecular formula is C9H11FN2. The van der Waals surface area contributed by atoms with Crippen LogP contribution in [0, 0.1) is 5.41 Å². The second-order valence-electron chi connectivity index (χ2n) is 2.61. The molecule has 3 N–H and O–H groups in total. The Morgan fingerprint density at radius 3 is 2.50 bits per heavy atom. The summed E-state index contributed by atoms with van der Waals surface area (Å²) >= 11 is 0. The highest BCUT2D eigenvalue weighted by molar-refractivity contribution is 5.81. The normalized spacial score (nSPS) is 12.4. The van der Waals surface area contributed by atoms with Crippen LogP contribution in [0.3, 0.4) is 0 Å². The van der Waals surface area contributed by atoms with E-state index < -0.39 is 12.0 Å². The highest BCUT2D eigenvalue weighted by Crippen LogP contribution is 2.04. The molecule has 0 aliphatic carbocycles. The second kappa shape index (κ2) is 3.85. The molecule has 0 aromatic heterocycles. The summed E-state index contributed by atoms with van der Waals surface area (Å²) in [4.78, 5) is 0. The molecule has 1 aromatic rings. The maximum absolute atomic E-state index is 12.9. The van der Waals surface area contributed by atoms with E-state index in [2.05, 4.69) is 0 Å². The van der Waals surface area contributed by atoms with E-state index in [-0.39, 0.29) is 6.42 Å². The summed E-state index contributed by atoms with van der Waals surface area (Å²) in [5.41, 5.74) is 5.85. The molecule has 1 atom stereocenters. The van der Waals surface area contributed by atoms with Gasteiger partial charge in [-0.05, 0) is 5.56 Å². The summed E-state index contributed by atoms with van der Waals surface area (Å²) in [6, 6.07) is 9.17. The van der Waals surface area contributed by atoms with Gasteiger partial charge in [0.1, 0.15) is 5.84 Å². The fourth-order valence-electron chi connectivity index (χ4n) is 0.931. The summed E-state index contributed by atoms with van der Waals surface area (Å²) < 4.78 is 12.9. The van der Waals surface area contributed by atoms with Crippen LogP contribution < -0.4 is 5.73 Å². The number of benzene rings is 1. The monoisotopic (exact) mass is 166 g/mol. The lowest BCUT2D eigenvalue weighted by Crippen LogP contribution is -2.25. The van der Waals surface area contributed by atoms with Gasteiger partial charge >= 0.3 is 0 Å². The van der Waals surface area contributed by atoms with Crippen molar-refractivity contribution in [2.45, 2.75) is 12.6 Å². The van der Waals surface area contributed by atoms with Gasteiger partial charge in [0, 0.05) is 6.42 Å². The molecule has 1 rings (SSSR count). The van der Waals surface area contributed by atoms with E-state index in [1.54, 1.807) is 0 Å². The molecule has 0 radical (unpaired) electrons. The zero-order valence-corrected chi connectivity index (χ0v) is 6.63. The van der Waals surface area contributed by atoms with Crippen LogP contribution in [0.5, 0.6) is 0 Å². The molecule has 0 saturated carbocycles. The first-order chi connectivity index (χ1) is 5.70. The Kier molecular flexibility index (Phi) is 2.80. The lowest BCUT2D eigenvalue weighted by molar-refractivity contribution is 0.418. The van der Waals surface area contributed by atoms with E-state index in [1.807, 2.05) is 30.3 Å². The average molecular weight is 166 g/mol. The van der Waals surface area contributed by atoms with E-state index >= 15 is 0 Å². The minimum atomic E-state index is -1.35. The summed E-state index contributed by atoms with van der Waals surface area (Å²) in [5.74, 6) is -0.404. The number of nitrogens with two attached hydrogens (primary N) is 1. The Morgan fingerprint density at radius 1 is 1.42 bits per heavy atom. The van der Waals surface area contributed by atoms with Gasteiger partial charge in [-0.25, -0.2) is 4.39 Å². The van der Waals surface area contributed by atoms with Crippen molar-refractivity contribution in [3.8, 4) is 0 Å². The molecule has 0 aliphatic rings. The third-order valence-electron chi connectivity index (χ3n) is 1.60. The van der Waals surface area contributed by atoms with Crippen molar-refractivity contribution in [3.05, 3.63) is 35.9 Å². The van der Waals surface area contributed by atoms with Crippen LogP contribution in [-0.2, 0) is 6.42 Å². The Hall–Kier alpha value is -1.38. The molecule has 3 heteroatoms. The van der Waals surface area contributed by atoms with Gasteiger partial charge in [-0.3, -0.25) is 5.41 Å². The smallest absolute Gasteiger partial charge is 0.160 e. The molecule has 0 spiro atoms. The van der Waals surface area contributed by atoms with Gasteiger partial charge in [-0.1, -0.05) is 30.3 Å². The minimum absolute atomic E-state index is 0.191. The molecule has 64 valence electrons. The fraction of sp³-hybridized carbons (Fsp3) is 0.222. The number of alkyl halides is 1. The molecule has 0 heterocycles. The maximum atomic E-state index is 12.9. The van der Waals surface area contributed by atoms with Crippen molar-refractivity contribution < 1.29 is 4.39 Å². The van der Waals surface area contributed by atoms with Crippen molar-refractivity contribution in [3.63, 3.8) is 0 Å². The van der Waals surface area contributed by atoms with Crippen LogP contribution in [0.15, 0.2) is 30.3 Å². The molecule has 2 nitrogen and oxygen atoms in total. The third-order valence-corrected chi connectivity index (χ3v) is 1.60. The molecule has 0 fully saturated rings. The predicted molar refractivity (Wildman–Crippen MR) is 47.0 cm³/mol. The average Bonchev–Trinajstić information content (AvgIpc) is 2.06. The van der Waals surface area contributed by atoms with Gasteiger partial charge in [-0.15, -0.1) is 0 Å². The quantitative estimate of drug-likeness (QED) is 0.519. The number of amidine groups is 1. The first kappa shape index (κ1) is 8.71. The SMILES string of the molecule is N=C(N)C(F)Cc1ccccc1. The number of nitrogens with one attached hydrogen (secondary N) is 1. The summed E-state index contributed by atoms with van der Waals surface area (Å²) in [6.45, 7) is 0. The van der Waals surface area contributed by atoms with E-state index in [4.69, 9.17) is 11.1 Å². The van der Waals surface area contributed by atoms with Gasteiger partial charge in [0.05, 0.1) is 0 Å². The van der Waals surface area contributed by atoms with Crippen molar-refractivity contribution in [2.75, 3.05) is 0 Å². The molecular weight excluding hydrogens is 155 g/mol. The zero-order valence-electron chi connectivity index (χ0n) is 6.63. The Bertz CT molecular complexity index is 258. The van der Waals surface area contributed by atoms with Gasteiger partial charge in [0.2, 0.25) is 0 Å². The lowest BCUT2D eigenvalue weighted by Gasteiger charge is -2.04. The van der Waals surface area contributed by atoms with Crippen molar-refractivity contribution in [1.82, 2.24) is 0 Å². The van der Waals surface area contributed by atoms with E-state index in [0.717, 1.165) is 5.56 Å². The first-order valence-electron chi connectivity index (χ1n) is 3.72. The highest BCUT2D eigenvalue weighted by Gasteiger charge is 2.09. The summed E-state index contributed by atoms with van der Waals surface area (Å²) in [7, 11) is 0. The predicted octanol–water partition coefficient (Wildman–Crippen LogP) is 1.50. The lowest BCUT2D eigenvalue weighted by atomic mass is 10.1. The Morgan fingerprint density at radius 2 is 2.00 bits per heavy atom. The first-order valence-corrected chi connectivity index (χ1v) is 3.72. The molecule has 1 unspecified atom stereocenters. The van der Waals surface area contributed by atoms with E-state index in [9.17, 15) is 4.39 Å². The number of hydrogen-bond donors (Lipinski definition) is 2. The standard InChI is InChI=1S/C9H11FN2/c10-8(9(11)12)6-7-4-2-1-3-5-7/h1-5,8H,6H2,(H3,11,12). The number of hydrogen-bond acceptors (Lipinski definition) is 1. The fourth-order valence-corrected chi connectivity index (χ4v) is 0.931. The van der Waals surface area contributed by atoms with Crippen molar-refractivity contribution in [1.29, 1.82) is 5.41 Å². The molecule has 12 heavy (non-hydrogen) atoms. The highest BCUT2D eigenvalue weighted by atomic mass is 19.1. The number of halogens is 1. The molecule has 0 bridgehead atoms. The van der Waals surface area contributed by atoms with Crippen LogP contribution in [0.25, 0.3) is 0 Å². The largest absolute Gasteiger partial charge is 0.385 e. The molecule has 0 amide bonds. The van der Waals surface area contributed by atoms with Crippen LogP contribution >= 0.6 is 0 Å². The van der Waals surface area contributed by atoms with Crippen LogP contribution in [0.1, 0.15) is 5.56 Å². The zero-order chi connectivity index (χ0) is 8.97. The van der Waals surface area contributed by atoms with Crippen LogP contribution in [0.4, 0.5) is 4.39 Å². The van der Waals surface area contributed by atoms with Gasteiger partial charge in [-0.2, -0.15) is 0 Å². The van der Waals surface area contributed by atoms with Crippen LogP contribution in [-0.4, -0.2) is 12.0 Å².